The van der Waals surface area contributed by atoms with Crippen molar-refractivity contribution in [3.63, 3.8) is 0 Å². The smallest absolute Gasteiger partial charge is 0.224 e. The molecule has 4 rings (SSSR count). The van der Waals surface area contributed by atoms with Gasteiger partial charge in [-0.1, -0.05) is 6.07 Å². The Kier molecular flexibility index (Phi) is 2.77. The van der Waals surface area contributed by atoms with E-state index in [2.05, 4.69) is 10.3 Å². The van der Waals surface area contributed by atoms with Crippen LogP contribution in [-0.4, -0.2) is 15.3 Å². The van der Waals surface area contributed by atoms with E-state index < -0.39 is 0 Å². The monoisotopic (exact) mass is 281 g/mol. The van der Waals surface area contributed by atoms with Crippen LogP contribution in [0.25, 0.3) is 5.65 Å². The second-order valence-electron chi connectivity index (χ2n) is 5.38. The molecule has 1 amide bonds. The largest absolute Gasteiger partial charge is 0.469 e. The number of hydrogen-bond acceptors (Lipinski definition) is 3. The molecule has 21 heavy (non-hydrogen) atoms. The first-order chi connectivity index (χ1) is 10.3. The predicted molar refractivity (Wildman–Crippen MR) is 76.6 cm³/mol. The minimum absolute atomic E-state index is 0.0354. The minimum Gasteiger partial charge on any atom is -0.469 e. The van der Waals surface area contributed by atoms with Gasteiger partial charge in [-0.15, -0.1) is 0 Å². The molecule has 0 aromatic carbocycles. The Bertz CT molecular complexity index is 743. The molecule has 1 fully saturated rings. The summed E-state index contributed by atoms with van der Waals surface area (Å²) in [5.74, 6) is 1.26. The minimum atomic E-state index is 0.0354. The van der Waals surface area contributed by atoms with Crippen molar-refractivity contribution >= 4 is 11.6 Å². The lowest BCUT2D eigenvalue weighted by Gasteiger charge is -2.01. The Labute approximate surface area is 121 Å². The van der Waals surface area contributed by atoms with E-state index in [0.717, 1.165) is 23.5 Å². The highest BCUT2D eigenvalue weighted by molar-refractivity contribution is 5.82. The average molecular weight is 281 g/mol. The molecule has 1 saturated carbocycles. The van der Waals surface area contributed by atoms with Crippen molar-refractivity contribution in [3.05, 3.63) is 60.4 Å². The number of carbonyl (C=O) groups is 1. The molecule has 2 atom stereocenters. The Morgan fingerprint density at radius 2 is 2.33 bits per heavy atom. The van der Waals surface area contributed by atoms with E-state index >= 15 is 0 Å². The van der Waals surface area contributed by atoms with Crippen LogP contribution in [-0.2, 0) is 11.3 Å². The number of nitrogens with zero attached hydrogens (tertiary/aromatic N) is 2. The third kappa shape index (κ3) is 2.31. The van der Waals surface area contributed by atoms with Crippen LogP contribution in [0, 0.1) is 5.92 Å². The van der Waals surface area contributed by atoms with Crippen molar-refractivity contribution in [2.24, 2.45) is 5.92 Å². The van der Waals surface area contributed by atoms with Crippen molar-refractivity contribution in [2.45, 2.75) is 18.9 Å². The molecule has 3 aromatic heterocycles. The van der Waals surface area contributed by atoms with Gasteiger partial charge < -0.3 is 14.1 Å². The van der Waals surface area contributed by atoms with Crippen molar-refractivity contribution in [1.29, 1.82) is 0 Å². The Hall–Kier alpha value is -2.56. The van der Waals surface area contributed by atoms with E-state index in [1.54, 1.807) is 6.26 Å². The summed E-state index contributed by atoms with van der Waals surface area (Å²) in [5.41, 5.74) is 1.76. The van der Waals surface area contributed by atoms with Gasteiger partial charge in [0.15, 0.2) is 0 Å². The number of rotatable bonds is 4. The molecular weight excluding hydrogens is 266 g/mol. The van der Waals surface area contributed by atoms with Gasteiger partial charge >= 0.3 is 0 Å². The maximum Gasteiger partial charge on any atom is 0.224 e. The summed E-state index contributed by atoms with van der Waals surface area (Å²) in [6.07, 6.45) is 6.40. The number of carbonyl (C=O) groups excluding carboxylic acids is 1. The SMILES string of the molecule is O=C(NCc1cn2ccccc2n1)[C@H]1C[C@@H]1c1ccco1. The molecule has 1 aliphatic carbocycles. The Morgan fingerprint density at radius 1 is 1.38 bits per heavy atom. The van der Waals surface area contributed by atoms with Crippen LogP contribution in [0.5, 0.6) is 0 Å². The number of amides is 1. The number of fused-ring (bicyclic) bond motifs is 1. The molecule has 0 bridgehead atoms. The average Bonchev–Trinajstić information content (AvgIpc) is 2.96. The van der Waals surface area contributed by atoms with E-state index in [-0.39, 0.29) is 17.7 Å². The molecule has 1 N–H and O–H groups in total. The van der Waals surface area contributed by atoms with Gasteiger partial charge in [-0.25, -0.2) is 4.98 Å². The lowest BCUT2D eigenvalue weighted by molar-refractivity contribution is -0.122. The van der Waals surface area contributed by atoms with Gasteiger partial charge in [-0.2, -0.15) is 0 Å². The van der Waals surface area contributed by atoms with Gasteiger partial charge in [0.2, 0.25) is 5.91 Å². The molecule has 3 heterocycles. The molecule has 0 saturated heterocycles. The number of hydrogen-bond donors (Lipinski definition) is 1. The van der Waals surface area contributed by atoms with E-state index in [0.29, 0.717) is 6.54 Å². The van der Waals surface area contributed by atoms with Gasteiger partial charge in [-0.3, -0.25) is 4.79 Å². The van der Waals surface area contributed by atoms with Crippen LogP contribution in [0.3, 0.4) is 0 Å². The maximum absolute atomic E-state index is 12.1. The maximum atomic E-state index is 12.1. The lowest BCUT2D eigenvalue weighted by atomic mass is 10.2. The highest BCUT2D eigenvalue weighted by atomic mass is 16.3. The highest BCUT2D eigenvalue weighted by Crippen LogP contribution is 2.47. The first kappa shape index (κ1) is 12.2. The van der Waals surface area contributed by atoms with Gasteiger partial charge in [0.25, 0.3) is 0 Å². The second-order valence-corrected chi connectivity index (χ2v) is 5.38. The van der Waals surface area contributed by atoms with Gasteiger partial charge in [0, 0.05) is 24.2 Å². The van der Waals surface area contributed by atoms with Crippen molar-refractivity contribution in [2.75, 3.05) is 0 Å². The molecule has 5 nitrogen and oxygen atoms in total. The first-order valence-corrected chi connectivity index (χ1v) is 7.05. The number of imidazole rings is 1. The van der Waals surface area contributed by atoms with Crippen LogP contribution in [0.15, 0.2) is 53.4 Å². The molecule has 0 unspecified atom stereocenters. The third-order valence-corrected chi connectivity index (χ3v) is 3.89. The zero-order valence-electron chi connectivity index (χ0n) is 11.4. The van der Waals surface area contributed by atoms with Crippen LogP contribution in [0.1, 0.15) is 23.8 Å². The van der Waals surface area contributed by atoms with E-state index in [1.165, 1.54) is 0 Å². The lowest BCUT2D eigenvalue weighted by Crippen LogP contribution is -2.25. The van der Waals surface area contributed by atoms with E-state index in [4.69, 9.17) is 4.42 Å². The summed E-state index contributed by atoms with van der Waals surface area (Å²) >= 11 is 0. The Balaban J connectivity index is 1.38. The summed E-state index contributed by atoms with van der Waals surface area (Å²) in [6, 6.07) is 9.64. The van der Waals surface area contributed by atoms with Gasteiger partial charge in [-0.05, 0) is 30.7 Å². The van der Waals surface area contributed by atoms with Crippen LogP contribution in [0.4, 0.5) is 0 Å². The van der Waals surface area contributed by atoms with E-state index in [1.807, 2.05) is 47.1 Å². The van der Waals surface area contributed by atoms with Gasteiger partial charge in [0.05, 0.1) is 18.5 Å². The van der Waals surface area contributed by atoms with Crippen LogP contribution < -0.4 is 5.32 Å². The molecule has 106 valence electrons. The van der Waals surface area contributed by atoms with Crippen molar-refractivity contribution in [1.82, 2.24) is 14.7 Å². The Morgan fingerprint density at radius 3 is 3.14 bits per heavy atom. The first-order valence-electron chi connectivity index (χ1n) is 7.05. The van der Waals surface area contributed by atoms with Crippen LogP contribution >= 0.6 is 0 Å². The van der Waals surface area contributed by atoms with Crippen molar-refractivity contribution < 1.29 is 9.21 Å². The quantitative estimate of drug-likeness (QED) is 0.798. The number of nitrogens with one attached hydrogen (secondary N) is 1. The summed E-state index contributed by atoms with van der Waals surface area (Å²) in [5, 5.41) is 2.96. The molecule has 5 heteroatoms. The third-order valence-electron chi connectivity index (χ3n) is 3.89. The zero-order valence-corrected chi connectivity index (χ0v) is 11.4. The molecule has 0 aliphatic heterocycles. The normalized spacial score (nSPS) is 20.6. The van der Waals surface area contributed by atoms with E-state index in [9.17, 15) is 4.79 Å². The summed E-state index contributed by atoms with van der Waals surface area (Å²) in [4.78, 5) is 16.6. The summed E-state index contributed by atoms with van der Waals surface area (Å²) in [6.45, 7) is 0.460. The highest BCUT2D eigenvalue weighted by Gasteiger charge is 2.45. The molecule has 0 radical (unpaired) electrons. The number of aromatic nitrogens is 2. The molecular formula is C16H15N3O2. The fraction of sp³-hybridized carbons (Fsp3) is 0.250. The summed E-state index contributed by atoms with van der Waals surface area (Å²) < 4.78 is 7.29. The topological polar surface area (TPSA) is 59.5 Å². The molecule has 3 aromatic rings. The predicted octanol–water partition coefficient (Wildman–Crippen LogP) is 2.35. The fourth-order valence-electron chi connectivity index (χ4n) is 2.68. The zero-order chi connectivity index (χ0) is 14.2. The molecule has 1 aliphatic rings. The number of pyridine rings is 1. The van der Waals surface area contributed by atoms with Gasteiger partial charge in [0.1, 0.15) is 11.4 Å². The van der Waals surface area contributed by atoms with Crippen LogP contribution in [0.2, 0.25) is 0 Å². The fourth-order valence-corrected chi connectivity index (χ4v) is 2.68. The van der Waals surface area contributed by atoms with Crippen molar-refractivity contribution in [3.8, 4) is 0 Å². The standard InChI is InChI=1S/C16H15N3O2/c20-16(13-8-12(13)14-4-3-7-21-14)17-9-11-10-19-6-2-1-5-15(19)18-11/h1-7,10,12-13H,8-9H2,(H,17,20)/t12-,13-/m0/s1. The molecule has 0 spiro atoms. The second kappa shape index (κ2) is 4.77. The number of furan rings is 1. The summed E-state index contributed by atoms with van der Waals surface area (Å²) in [7, 11) is 0.